The summed E-state index contributed by atoms with van der Waals surface area (Å²) in [6.07, 6.45) is 8.75. The zero-order valence-corrected chi connectivity index (χ0v) is 15.2. The molecule has 1 heterocycles. The van der Waals surface area contributed by atoms with Crippen molar-refractivity contribution in [2.75, 3.05) is 5.32 Å². The lowest BCUT2D eigenvalue weighted by Crippen LogP contribution is -2.34. The van der Waals surface area contributed by atoms with Crippen LogP contribution in [0.5, 0.6) is 0 Å². The number of hydrogen-bond acceptors (Lipinski definition) is 3. The van der Waals surface area contributed by atoms with Gasteiger partial charge in [-0.1, -0.05) is 47.7 Å². The maximum absolute atomic E-state index is 12.5. The molecule has 0 unspecified atom stereocenters. The molecule has 3 rings (SSSR count). The number of nitrogens with zero attached hydrogens (tertiary/aromatic N) is 1. The van der Waals surface area contributed by atoms with Gasteiger partial charge in [-0.25, -0.2) is 0 Å². The summed E-state index contributed by atoms with van der Waals surface area (Å²) in [5.41, 5.74) is 2.28. The summed E-state index contributed by atoms with van der Waals surface area (Å²) in [6, 6.07) is 11.9. The van der Waals surface area contributed by atoms with Crippen molar-refractivity contribution in [1.29, 1.82) is 0 Å². The highest BCUT2D eigenvalue weighted by Crippen LogP contribution is 2.21. The van der Waals surface area contributed by atoms with E-state index in [0.717, 1.165) is 28.7 Å². The first-order valence-electron chi connectivity index (χ1n) is 8.50. The second kappa shape index (κ2) is 8.29. The Hall–Kier alpha value is -1.88. The highest BCUT2D eigenvalue weighted by molar-refractivity contribution is 9.10. The summed E-state index contributed by atoms with van der Waals surface area (Å²) < 4.78 is 1.01. The van der Waals surface area contributed by atoms with Gasteiger partial charge >= 0.3 is 0 Å². The fourth-order valence-electron chi connectivity index (χ4n) is 3.05. The molecule has 1 fully saturated rings. The van der Waals surface area contributed by atoms with E-state index in [4.69, 9.17) is 0 Å². The van der Waals surface area contributed by atoms with Crippen molar-refractivity contribution in [3.05, 3.63) is 52.8 Å². The van der Waals surface area contributed by atoms with E-state index in [9.17, 15) is 4.79 Å². The molecule has 24 heavy (non-hydrogen) atoms. The van der Waals surface area contributed by atoms with Gasteiger partial charge in [0, 0.05) is 28.1 Å². The SMILES string of the molecule is O=C(NC1CCCCCC1)c1cc(Nc2cccc(Br)c2)ccn1. The van der Waals surface area contributed by atoms with E-state index in [0.29, 0.717) is 5.69 Å². The maximum atomic E-state index is 12.5. The quantitative estimate of drug-likeness (QED) is 0.722. The van der Waals surface area contributed by atoms with E-state index in [1.54, 1.807) is 12.3 Å². The van der Waals surface area contributed by atoms with Crippen LogP contribution in [0.15, 0.2) is 47.1 Å². The van der Waals surface area contributed by atoms with Gasteiger partial charge in [-0.3, -0.25) is 9.78 Å². The van der Waals surface area contributed by atoms with Crippen molar-refractivity contribution in [3.8, 4) is 0 Å². The van der Waals surface area contributed by atoms with Gasteiger partial charge < -0.3 is 10.6 Å². The molecule has 0 radical (unpaired) electrons. The maximum Gasteiger partial charge on any atom is 0.270 e. The molecule has 0 saturated heterocycles. The van der Waals surface area contributed by atoms with Crippen LogP contribution in [0.2, 0.25) is 0 Å². The van der Waals surface area contributed by atoms with Gasteiger partial charge in [0.15, 0.2) is 0 Å². The second-order valence-corrected chi connectivity index (χ2v) is 7.14. The van der Waals surface area contributed by atoms with Crippen molar-refractivity contribution in [2.24, 2.45) is 0 Å². The fraction of sp³-hybridized carbons (Fsp3) is 0.368. The lowest BCUT2D eigenvalue weighted by Gasteiger charge is -2.16. The van der Waals surface area contributed by atoms with E-state index in [2.05, 4.69) is 31.5 Å². The second-order valence-electron chi connectivity index (χ2n) is 6.23. The lowest BCUT2D eigenvalue weighted by molar-refractivity contribution is 0.0928. The Bertz CT molecular complexity index is 697. The molecule has 1 aromatic carbocycles. The molecule has 1 aromatic heterocycles. The van der Waals surface area contributed by atoms with Gasteiger partial charge in [0.25, 0.3) is 5.91 Å². The van der Waals surface area contributed by atoms with E-state index in [-0.39, 0.29) is 11.9 Å². The monoisotopic (exact) mass is 387 g/mol. The molecule has 1 amide bonds. The number of hydrogen-bond donors (Lipinski definition) is 2. The molecule has 5 heteroatoms. The van der Waals surface area contributed by atoms with Crippen LogP contribution in [0.3, 0.4) is 0 Å². The van der Waals surface area contributed by atoms with Gasteiger partial charge in [-0.05, 0) is 43.2 Å². The van der Waals surface area contributed by atoms with E-state index < -0.39 is 0 Å². The molecule has 0 aliphatic heterocycles. The van der Waals surface area contributed by atoms with Crippen molar-refractivity contribution in [3.63, 3.8) is 0 Å². The van der Waals surface area contributed by atoms with Gasteiger partial charge in [0.05, 0.1) is 0 Å². The molecule has 2 N–H and O–H groups in total. The van der Waals surface area contributed by atoms with Crippen LogP contribution in [0.25, 0.3) is 0 Å². The molecular formula is C19H22BrN3O. The summed E-state index contributed by atoms with van der Waals surface area (Å²) >= 11 is 3.46. The molecular weight excluding hydrogens is 366 g/mol. The number of anilines is 2. The first kappa shape index (κ1) is 17.0. The number of halogens is 1. The van der Waals surface area contributed by atoms with Crippen molar-refractivity contribution >= 4 is 33.2 Å². The highest BCUT2D eigenvalue weighted by Gasteiger charge is 2.16. The third-order valence-corrected chi connectivity index (χ3v) is 4.79. The molecule has 0 bridgehead atoms. The Morgan fingerprint density at radius 3 is 2.54 bits per heavy atom. The predicted octanol–water partition coefficient (Wildman–Crippen LogP) is 5.04. The zero-order valence-electron chi connectivity index (χ0n) is 13.6. The topological polar surface area (TPSA) is 54.0 Å². The highest BCUT2D eigenvalue weighted by atomic mass is 79.9. The standard InChI is InChI=1S/C19H22BrN3O/c20-14-6-5-9-16(12-14)22-17-10-11-21-18(13-17)19(24)23-15-7-3-1-2-4-8-15/h5-6,9-13,15H,1-4,7-8H2,(H,21,22)(H,23,24). The van der Waals surface area contributed by atoms with E-state index >= 15 is 0 Å². The van der Waals surface area contributed by atoms with Crippen LogP contribution in [0.4, 0.5) is 11.4 Å². The zero-order chi connectivity index (χ0) is 16.8. The summed E-state index contributed by atoms with van der Waals surface area (Å²) in [6.45, 7) is 0. The number of carbonyl (C=O) groups is 1. The minimum absolute atomic E-state index is 0.0835. The average molecular weight is 388 g/mol. The van der Waals surface area contributed by atoms with Crippen molar-refractivity contribution in [1.82, 2.24) is 10.3 Å². The number of carbonyl (C=O) groups excluding carboxylic acids is 1. The summed E-state index contributed by atoms with van der Waals surface area (Å²) in [5.74, 6) is -0.0835. The van der Waals surface area contributed by atoms with Gasteiger partial charge in [-0.2, -0.15) is 0 Å². The lowest BCUT2D eigenvalue weighted by atomic mass is 10.1. The van der Waals surface area contributed by atoms with Gasteiger partial charge in [-0.15, -0.1) is 0 Å². The fourth-order valence-corrected chi connectivity index (χ4v) is 3.45. The largest absolute Gasteiger partial charge is 0.355 e. The summed E-state index contributed by atoms with van der Waals surface area (Å²) in [5, 5.41) is 6.44. The molecule has 1 saturated carbocycles. The first-order valence-corrected chi connectivity index (χ1v) is 9.29. The normalized spacial score (nSPS) is 15.5. The molecule has 4 nitrogen and oxygen atoms in total. The molecule has 1 aliphatic carbocycles. The molecule has 2 aromatic rings. The number of benzene rings is 1. The van der Waals surface area contributed by atoms with Crippen LogP contribution in [-0.4, -0.2) is 16.9 Å². The summed E-state index contributed by atoms with van der Waals surface area (Å²) in [4.78, 5) is 16.7. The average Bonchev–Trinajstić information content (AvgIpc) is 2.84. The number of nitrogens with one attached hydrogen (secondary N) is 2. The number of pyridine rings is 1. The van der Waals surface area contributed by atoms with Crippen molar-refractivity contribution < 1.29 is 4.79 Å². The predicted molar refractivity (Wildman–Crippen MR) is 101 cm³/mol. The third kappa shape index (κ3) is 4.81. The third-order valence-electron chi connectivity index (χ3n) is 4.30. The number of rotatable bonds is 4. The number of amides is 1. The van der Waals surface area contributed by atoms with Crippen LogP contribution < -0.4 is 10.6 Å². The molecule has 0 atom stereocenters. The smallest absolute Gasteiger partial charge is 0.270 e. The Kier molecular flexibility index (Phi) is 5.86. The van der Waals surface area contributed by atoms with E-state index in [1.165, 1.54) is 25.7 Å². The molecule has 0 spiro atoms. The van der Waals surface area contributed by atoms with Crippen molar-refractivity contribution in [2.45, 2.75) is 44.6 Å². The Morgan fingerprint density at radius 1 is 1.04 bits per heavy atom. The summed E-state index contributed by atoms with van der Waals surface area (Å²) in [7, 11) is 0. The Morgan fingerprint density at radius 2 is 1.79 bits per heavy atom. The molecule has 126 valence electrons. The Labute approximate surface area is 151 Å². The molecule has 1 aliphatic rings. The van der Waals surface area contributed by atoms with Gasteiger partial charge in [0.2, 0.25) is 0 Å². The number of aromatic nitrogens is 1. The first-order chi connectivity index (χ1) is 11.7. The van der Waals surface area contributed by atoms with Crippen LogP contribution in [-0.2, 0) is 0 Å². The Balaban J connectivity index is 1.66. The van der Waals surface area contributed by atoms with Crippen LogP contribution in [0, 0.1) is 0 Å². The minimum atomic E-state index is -0.0835. The van der Waals surface area contributed by atoms with Crippen LogP contribution in [0.1, 0.15) is 49.0 Å². The van der Waals surface area contributed by atoms with E-state index in [1.807, 2.05) is 30.3 Å². The van der Waals surface area contributed by atoms with Crippen LogP contribution >= 0.6 is 15.9 Å². The minimum Gasteiger partial charge on any atom is -0.355 e. The van der Waals surface area contributed by atoms with Gasteiger partial charge in [0.1, 0.15) is 5.69 Å².